The Morgan fingerprint density at radius 1 is 1.19 bits per heavy atom. The fourth-order valence-corrected chi connectivity index (χ4v) is 5.72. The molecule has 0 spiro atoms. The van der Waals surface area contributed by atoms with Gasteiger partial charge in [-0.1, -0.05) is 20.8 Å². The van der Waals surface area contributed by atoms with E-state index in [9.17, 15) is 34.8 Å². The van der Waals surface area contributed by atoms with E-state index in [0.717, 1.165) is 17.7 Å². The molecule has 208 valence electrons. The second-order valence-corrected chi connectivity index (χ2v) is 12.4. The molecule has 0 bridgehead atoms. The van der Waals surface area contributed by atoms with Gasteiger partial charge in [-0.25, -0.2) is 0 Å². The molecule has 9 heteroatoms. The van der Waals surface area contributed by atoms with Crippen molar-refractivity contribution in [3.05, 3.63) is 28.3 Å². The number of nitrogens with one attached hydrogen (secondary N) is 1. The Labute approximate surface area is 224 Å². The second-order valence-electron chi connectivity index (χ2n) is 11.5. The summed E-state index contributed by atoms with van der Waals surface area (Å²) in [6.07, 6.45) is 2.23. The van der Waals surface area contributed by atoms with Crippen LogP contribution in [0.5, 0.6) is 5.75 Å². The lowest BCUT2D eigenvalue weighted by molar-refractivity contribution is -0.152. The Morgan fingerprint density at radius 2 is 1.86 bits per heavy atom. The zero-order chi connectivity index (χ0) is 28.0. The first-order chi connectivity index (χ1) is 17.3. The van der Waals surface area contributed by atoms with Crippen LogP contribution < -0.4 is 5.32 Å². The number of carbonyl (C=O) groups excluding carboxylic acids is 3. The largest absolute Gasteiger partial charge is 0.507 e. The Hall–Kier alpha value is -1.78. The molecule has 0 aliphatic heterocycles. The summed E-state index contributed by atoms with van der Waals surface area (Å²) in [5.41, 5.74) is 0.639. The van der Waals surface area contributed by atoms with Crippen molar-refractivity contribution in [3.8, 4) is 5.75 Å². The standard InChI is InChI=1S/C28H43NO7S/c1-17(32)8-24(34)28(36,16-31)21(6-7-30)9-18-10-22-19(13-29-15-27(2,3)4)12-20(14-37-5)26(35)25(22)23(33)11-18/h12,18,21,29-31,35-36H,6-11,13-16H2,1-5H3. The van der Waals surface area contributed by atoms with Gasteiger partial charge in [0.05, 0.1) is 18.6 Å². The normalized spacial score (nSPS) is 18.3. The lowest BCUT2D eigenvalue weighted by atomic mass is 9.71. The SMILES string of the molecule is CSCc1cc(CNCC(C)(C)C)c2c(c1O)C(=O)CC(CC(CCO)C(O)(CO)C(=O)CC(C)=O)C2. The van der Waals surface area contributed by atoms with Crippen molar-refractivity contribution in [1.29, 1.82) is 0 Å². The van der Waals surface area contributed by atoms with Gasteiger partial charge in [-0.2, -0.15) is 11.8 Å². The number of hydrogen-bond acceptors (Lipinski definition) is 9. The molecule has 0 heterocycles. The lowest BCUT2D eigenvalue weighted by Crippen LogP contribution is -2.51. The van der Waals surface area contributed by atoms with Crippen molar-refractivity contribution in [1.82, 2.24) is 5.32 Å². The van der Waals surface area contributed by atoms with Gasteiger partial charge < -0.3 is 25.7 Å². The number of fused-ring (bicyclic) bond motifs is 1. The minimum atomic E-state index is -2.18. The molecule has 2 rings (SSSR count). The zero-order valence-electron chi connectivity index (χ0n) is 22.7. The molecule has 3 atom stereocenters. The predicted molar refractivity (Wildman–Crippen MR) is 145 cm³/mol. The van der Waals surface area contributed by atoms with Gasteiger partial charge in [0.1, 0.15) is 17.1 Å². The Morgan fingerprint density at radius 3 is 2.41 bits per heavy atom. The van der Waals surface area contributed by atoms with E-state index in [1.54, 1.807) is 11.8 Å². The number of benzene rings is 1. The van der Waals surface area contributed by atoms with Crippen LogP contribution in [0.1, 0.15) is 80.4 Å². The van der Waals surface area contributed by atoms with Crippen LogP contribution >= 0.6 is 11.8 Å². The molecule has 0 amide bonds. The maximum Gasteiger partial charge on any atom is 0.174 e. The van der Waals surface area contributed by atoms with Crippen LogP contribution in [0.2, 0.25) is 0 Å². The van der Waals surface area contributed by atoms with Gasteiger partial charge in [-0.3, -0.25) is 14.4 Å². The summed E-state index contributed by atoms with van der Waals surface area (Å²) in [6.45, 7) is 7.71. The Bertz CT molecular complexity index is 988. The summed E-state index contributed by atoms with van der Waals surface area (Å²) in [5.74, 6) is -1.92. The molecule has 3 unspecified atom stereocenters. The Balaban J connectivity index is 2.42. The number of aromatic hydroxyl groups is 1. The number of phenols is 1. The van der Waals surface area contributed by atoms with Crippen molar-refractivity contribution in [3.63, 3.8) is 0 Å². The third kappa shape index (κ3) is 8.10. The fraction of sp³-hybridized carbons (Fsp3) is 0.679. The number of carbonyl (C=O) groups is 3. The molecule has 1 aromatic rings. The molecule has 5 N–H and O–H groups in total. The zero-order valence-corrected chi connectivity index (χ0v) is 23.5. The third-order valence-corrected chi connectivity index (χ3v) is 7.60. The first-order valence-corrected chi connectivity index (χ1v) is 14.2. The molecule has 0 saturated carbocycles. The summed E-state index contributed by atoms with van der Waals surface area (Å²) in [7, 11) is 0. The van der Waals surface area contributed by atoms with Crippen molar-refractivity contribution >= 4 is 29.1 Å². The predicted octanol–water partition coefficient (Wildman–Crippen LogP) is 2.80. The third-order valence-electron chi connectivity index (χ3n) is 7.00. The molecule has 8 nitrogen and oxygen atoms in total. The fourth-order valence-electron chi connectivity index (χ4n) is 5.18. The van der Waals surface area contributed by atoms with Gasteiger partial charge in [0, 0.05) is 37.4 Å². The van der Waals surface area contributed by atoms with Crippen LogP contribution in [-0.2, 0) is 28.3 Å². The van der Waals surface area contributed by atoms with Crippen molar-refractivity contribution in [2.75, 3.05) is 26.0 Å². The van der Waals surface area contributed by atoms with Crippen LogP contribution in [0.15, 0.2) is 6.07 Å². The van der Waals surface area contributed by atoms with Crippen LogP contribution in [0.4, 0.5) is 0 Å². The van der Waals surface area contributed by atoms with E-state index >= 15 is 0 Å². The molecule has 0 aromatic heterocycles. The number of thioether (sulfide) groups is 1. The number of aliphatic hydroxyl groups is 3. The molecule has 0 radical (unpaired) electrons. The van der Waals surface area contributed by atoms with Gasteiger partial charge in [0.25, 0.3) is 0 Å². The van der Waals surface area contributed by atoms with Gasteiger partial charge in [-0.05, 0) is 66.9 Å². The number of ketones is 3. The molecule has 37 heavy (non-hydrogen) atoms. The quantitative estimate of drug-likeness (QED) is 0.226. The topological polar surface area (TPSA) is 144 Å². The van der Waals surface area contributed by atoms with Crippen molar-refractivity contribution in [2.24, 2.45) is 17.3 Å². The highest BCUT2D eigenvalue weighted by molar-refractivity contribution is 7.97. The summed E-state index contributed by atoms with van der Waals surface area (Å²) in [4.78, 5) is 37.6. The molecule has 0 fully saturated rings. The van der Waals surface area contributed by atoms with Gasteiger partial charge in [0.15, 0.2) is 11.6 Å². The van der Waals surface area contributed by atoms with E-state index in [1.807, 2.05) is 12.3 Å². The van der Waals surface area contributed by atoms with Gasteiger partial charge in [0.2, 0.25) is 0 Å². The average molecular weight is 538 g/mol. The molecule has 1 aromatic carbocycles. The Kier molecular flexibility index (Phi) is 11.3. The van der Waals surface area contributed by atoms with Crippen LogP contribution in [-0.4, -0.2) is 69.4 Å². The van der Waals surface area contributed by atoms with Crippen LogP contribution in [0, 0.1) is 17.3 Å². The average Bonchev–Trinajstić information content (AvgIpc) is 2.79. The van der Waals surface area contributed by atoms with Gasteiger partial charge >= 0.3 is 0 Å². The molecular formula is C28H43NO7S. The summed E-state index contributed by atoms with van der Waals surface area (Å²) < 4.78 is 0. The van der Waals surface area contributed by atoms with Crippen LogP contribution in [0.25, 0.3) is 0 Å². The first-order valence-electron chi connectivity index (χ1n) is 12.8. The first kappa shape index (κ1) is 31.4. The highest BCUT2D eigenvalue weighted by Gasteiger charge is 2.44. The van der Waals surface area contributed by atoms with E-state index in [2.05, 4.69) is 26.1 Å². The maximum absolute atomic E-state index is 13.3. The van der Waals surface area contributed by atoms with E-state index in [-0.39, 0.29) is 48.7 Å². The highest BCUT2D eigenvalue weighted by Crippen LogP contribution is 2.41. The number of phenolic OH excluding ortho intramolecular Hbond substituents is 1. The highest BCUT2D eigenvalue weighted by atomic mass is 32.2. The second kappa shape index (κ2) is 13.3. The van der Waals surface area contributed by atoms with Crippen molar-refractivity contribution in [2.45, 2.75) is 77.7 Å². The molecule has 1 aliphatic rings. The molecular weight excluding hydrogens is 494 g/mol. The number of Topliss-reactive ketones (excluding diaryl/α,β-unsaturated/α-hetero) is 3. The summed E-state index contributed by atoms with van der Waals surface area (Å²) in [5, 5.41) is 45.1. The maximum atomic E-state index is 13.3. The molecule has 1 aliphatic carbocycles. The lowest BCUT2D eigenvalue weighted by Gasteiger charge is -2.37. The number of aliphatic hydroxyl groups excluding tert-OH is 2. The minimum absolute atomic E-state index is 0.0165. The van der Waals surface area contributed by atoms with E-state index in [4.69, 9.17) is 0 Å². The minimum Gasteiger partial charge on any atom is -0.507 e. The van der Waals surface area contributed by atoms with E-state index in [0.29, 0.717) is 29.8 Å². The molecule has 0 saturated heterocycles. The number of rotatable bonds is 14. The van der Waals surface area contributed by atoms with Crippen LogP contribution in [0.3, 0.4) is 0 Å². The summed E-state index contributed by atoms with van der Waals surface area (Å²) >= 11 is 1.56. The number of hydrogen-bond donors (Lipinski definition) is 5. The van der Waals surface area contributed by atoms with E-state index in [1.165, 1.54) is 6.92 Å². The van der Waals surface area contributed by atoms with Crippen molar-refractivity contribution < 1.29 is 34.8 Å². The van der Waals surface area contributed by atoms with E-state index < -0.39 is 36.1 Å². The van der Waals surface area contributed by atoms with Gasteiger partial charge in [-0.15, -0.1) is 0 Å². The summed E-state index contributed by atoms with van der Waals surface area (Å²) in [6, 6.07) is 1.95. The smallest absolute Gasteiger partial charge is 0.174 e. The monoisotopic (exact) mass is 537 g/mol.